The summed E-state index contributed by atoms with van der Waals surface area (Å²) in [4.78, 5) is 11.4. The fraction of sp³-hybridized carbons (Fsp3) is 0.533. The van der Waals surface area contributed by atoms with Gasteiger partial charge in [0.05, 0.1) is 16.4 Å². The maximum absolute atomic E-state index is 12.1. The van der Waals surface area contributed by atoms with Crippen LogP contribution in [0, 0.1) is 6.92 Å². The Balaban J connectivity index is 2.91. The van der Waals surface area contributed by atoms with Gasteiger partial charge in [-0.15, -0.1) is 0 Å². The molecule has 0 aliphatic carbocycles. The number of hydrogen-bond donors (Lipinski definition) is 1. The average molecular weight is 298 g/mol. The average Bonchev–Trinajstić information content (AvgIpc) is 2.29. The van der Waals surface area contributed by atoms with E-state index in [2.05, 4.69) is 0 Å². The fourth-order valence-corrected chi connectivity index (χ4v) is 2.97. The Morgan fingerprint density at radius 2 is 1.70 bits per heavy atom. The van der Waals surface area contributed by atoms with Gasteiger partial charge in [-0.1, -0.05) is 29.8 Å². The lowest BCUT2D eigenvalue weighted by molar-refractivity contribution is -0.138. The van der Waals surface area contributed by atoms with E-state index in [9.17, 15) is 18.3 Å². The van der Waals surface area contributed by atoms with E-state index in [4.69, 9.17) is 0 Å². The number of carboxylic acid groups (broad SMARTS) is 1. The molecule has 0 spiro atoms. The van der Waals surface area contributed by atoms with E-state index in [1.54, 1.807) is 32.9 Å². The Kier molecular flexibility index (Phi) is 4.97. The van der Waals surface area contributed by atoms with Crippen LogP contribution in [0.1, 0.15) is 44.2 Å². The molecule has 1 atom stereocenters. The van der Waals surface area contributed by atoms with Gasteiger partial charge in [-0.05, 0) is 39.7 Å². The predicted octanol–water partition coefficient (Wildman–Crippen LogP) is 2.77. The molecule has 0 saturated heterocycles. The van der Waals surface area contributed by atoms with Crippen LogP contribution in [0.2, 0.25) is 0 Å². The molecule has 5 heteroatoms. The molecular formula is C15H22O4S. The minimum Gasteiger partial charge on any atom is -0.481 e. The van der Waals surface area contributed by atoms with Gasteiger partial charge in [-0.2, -0.15) is 0 Å². The Labute approximate surface area is 120 Å². The van der Waals surface area contributed by atoms with Crippen molar-refractivity contribution >= 4 is 15.8 Å². The van der Waals surface area contributed by atoms with Crippen molar-refractivity contribution in [3.05, 3.63) is 35.4 Å². The highest BCUT2D eigenvalue weighted by Gasteiger charge is 2.31. The van der Waals surface area contributed by atoms with Gasteiger partial charge >= 0.3 is 5.97 Å². The molecule has 4 nitrogen and oxygen atoms in total. The first-order chi connectivity index (χ1) is 9.04. The second-order valence-corrected chi connectivity index (χ2v) is 8.88. The standard InChI is InChI=1S/C15H22O4S/c1-11-5-7-12(8-6-11)13(14(16)17)9-10-20(18,19)15(2,3)4/h5-8,13H,9-10H2,1-4H3,(H,16,17). The number of hydrogen-bond acceptors (Lipinski definition) is 3. The SMILES string of the molecule is Cc1ccc(C(CCS(=O)(=O)C(C)(C)C)C(=O)O)cc1. The summed E-state index contributed by atoms with van der Waals surface area (Å²) in [6.07, 6.45) is 0.0952. The smallest absolute Gasteiger partial charge is 0.311 e. The molecule has 0 saturated carbocycles. The first-order valence-electron chi connectivity index (χ1n) is 6.56. The molecule has 1 N–H and O–H groups in total. The Morgan fingerprint density at radius 3 is 2.10 bits per heavy atom. The van der Waals surface area contributed by atoms with Crippen LogP contribution in [0.4, 0.5) is 0 Å². The largest absolute Gasteiger partial charge is 0.481 e. The molecule has 1 unspecified atom stereocenters. The molecule has 0 aliphatic heterocycles. The van der Waals surface area contributed by atoms with E-state index in [1.165, 1.54) is 0 Å². The fourth-order valence-electron chi connectivity index (χ4n) is 1.81. The predicted molar refractivity (Wildman–Crippen MR) is 79.7 cm³/mol. The summed E-state index contributed by atoms with van der Waals surface area (Å²) in [5, 5.41) is 9.30. The normalized spacial score (nSPS) is 14.0. The molecule has 0 fully saturated rings. The van der Waals surface area contributed by atoms with Crippen molar-refractivity contribution in [2.75, 3.05) is 5.75 Å². The van der Waals surface area contributed by atoms with Crippen molar-refractivity contribution in [1.82, 2.24) is 0 Å². The van der Waals surface area contributed by atoms with Gasteiger partial charge in [0.25, 0.3) is 0 Å². The summed E-state index contributed by atoms with van der Waals surface area (Å²) < 4.78 is 23.3. The number of sulfone groups is 1. The van der Waals surface area contributed by atoms with Gasteiger partial charge in [0, 0.05) is 0 Å². The van der Waals surface area contributed by atoms with E-state index in [0.29, 0.717) is 5.56 Å². The number of aryl methyl sites for hydroxylation is 1. The highest BCUT2D eigenvalue weighted by atomic mass is 32.2. The van der Waals surface area contributed by atoms with Crippen molar-refractivity contribution in [3.8, 4) is 0 Å². The lowest BCUT2D eigenvalue weighted by Gasteiger charge is -2.21. The summed E-state index contributed by atoms with van der Waals surface area (Å²) >= 11 is 0. The quantitative estimate of drug-likeness (QED) is 0.907. The Hall–Kier alpha value is -1.36. The minimum atomic E-state index is -3.31. The summed E-state index contributed by atoms with van der Waals surface area (Å²) in [6.45, 7) is 6.81. The summed E-state index contributed by atoms with van der Waals surface area (Å²) in [6, 6.07) is 7.17. The van der Waals surface area contributed by atoms with Crippen molar-refractivity contribution in [3.63, 3.8) is 0 Å². The van der Waals surface area contributed by atoms with E-state index in [0.717, 1.165) is 5.56 Å². The zero-order chi connectivity index (χ0) is 15.6. The zero-order valence-electron chi connectivity index (χ0n) is 12.4. The molecule has 0 heterocycles. The van der Waals surface area contributed by atoms with Crippen LogP contribution >= 0.6 is 0 Å². The second kappa shape index (κ2) is 5.95. The van der Waals surface area contributed by atoms with Gasteiger partial charge in [0.2, 0.25) is 0 Å². The number of rotatable bonds is 5. The summed E-state index contributed by atoms with van der Waals surface area (Å²) in [5.74, 6) is -1.90. The third-order valence-electron chi connectivity index (χ3n) is 3.39. The lowest BCUT2D eigenvalue weighted by atomic mass is 9.96. The molecule has 112 valence electrons. The van der Waals surface area contributed by atoms with Crippen LogP contribution in [0.25, 0.3) is 0 Å². The van der Waals surface area contributed by atoms with Crippen LogP contribution in [0.5, 0.6) is 0 Å². The number of carbonyl (C=O) groups is 1. The topological polar surface area (TPSA) is 71.4 Å². The second-order valence-electron chi connectivity index (χ2n) is 6.02. The molecular weight excluding hydrogens is 276 g/mol. The Bertz CT molecular complexity index is 565. The first-order valence-corrected chi connectivity index (χ1v) is 8.21. The van der Waals surface area contributed by atoms with Crippen LogP contribution in [0.3, 0.4) is 0 Å². The minimum absolute atomic E-state index is 0.0952. The van der Waals surface area contributed by atoms with Gasteiger partial charge in [-0.25, -0.2) is 8.42 Å². The highest BCUT2D eigenvalue weighted by Crippen LogP contribution is 2.24. The van der Waals surface area contributed by atoms with Crippen LogP contribution in [0.15, 0.2) is 24.3 Å². The van der Waals surface area contributed by atoms with Crippen LogP contribution in [-0.2, 0) is 14.6 Å². The monoisotopic (exact) mass is 298 g/mol. The zero-order valence-corrected chi connectivity index (χ0v) is 13.2. The molecule has 1 aromatic rings. The molecule has 0 aromatic heterocycles. The Morgan fingerprint density at radius 1 is 1.20 bits per heavy atom. The van der Waals surface area contributed by atoms with E-state index >= 15 is 0 Å². The van der Waals surface area contributed by atoms with Crippen molar-refractivity contribution in [2.24, 2.45) is 0 Å². The summed E-state index contributed by atoms with van der Waals surface area (Å²) in [7, 11) is -3.31. The molecule has 0 aliphatic rings. The third-order valence-corrected chi connectivity index (χ3v) is 6.03. The third kappa shape index (κ3) is 4.07. The number of carboxylic acids is 1. The highest BCUT2D eigenvalue weighted by molar-refractivity contribution is 7.92. The van der Waals surface area contributed by atoms with Gasteiger partial charge < -0.3 is 5.11 Å². The molecule has 0 radical (unpaired) electrons. The van der Waals surface area contributed by atoms with Gasteiger partial charge in [0.1, 0.15) is 0 Å². The molecule has 1 aromatic carbocycles. The van der Waals surface area contributed by atoms with Crippen LogP contribution in [-0.4, -0.2) is 30.0 Å². The molecule has 1 rings (SSSR count). The van der Waals surface area contributed by atoms with Gasteiger partial charge in [0.15, 0.2) is 9.84 Å². The van der Waals surface area contributed by atoms with E-state index < -0.39 is 26.5 Å². The van der Waals surface area contributed by atoms with Crippen molar-refractivity contribution in [1.29, 1.82) is 0 Å². The van der Waals surface area contributed by atoms with Crippen molar-refractivity contribution in [2.45, 2.75) is 44.8 Å². The lowest BCUT2D eigenvalue weighted by Crippen LogP contribution is -2.31. The van der Waals surface area contributed by atoms with E-state index in [1.807, 2.05) is 19.1 Å². The molecule has 0 amide bonds. The van der Waals surface area contributed by atoms with Crippen LogP contribution < -0.4 is 0 Å². The molecule has 20 heavy (non-hydrogen) atoms. The summed E-state index contributed by atoms with van der Waals surface area (Å²) in [5.41, 5.74) is 1.69. The number of benzene rings is 1. The maximum atomic E-state index is 12.1. The van der Waals surface area contributed by atoms with Gasteiger partial charge in [-0.3, -0.25) is 4.79 Å². The van der Waals surface area contributed by atoms with Crippen molar-refractivity contribution < 1.29 is 18.3 Å². The first kappa shape index (κ1) is 16.7. The number of aliphatic carboxylic acids is 1. The maximum Gasteiger partial charge on any atom is 0.311 e. The van der Waals surface area contributed by atoms with E-state index in [-0.39, 0.29) is 12.2 Å². The molecule has 0 bridgehead atoms.